The fourth-order valence-corrected chi connectivity index (χ4v) is 7.64. The topological polar surface area (TPSA) is 350 Å². The Morgan fingerprint density at radius 3 is 2.54 bits per heavy atom. The zero-order valence-electron chi connectivity index (χ0n) is 27.5. The van der Waals surface area contributed by atoms with Crippen LogP contribution in [-0.2, 0) is 41.7 Å². The summed E-state index contributed by atoms with van der Waals surface area (Å²) in [5, 5.41) is 22.3. The van der Waals surface area contributed by atoms with Crippen molar-refractivity contribution in [2.75, 3.05) is 38.3 Å². The number of phosphoric ester groups is 1. The average molecular weight is 780 g/mol. The fourth-order valence-electron chi connectivity index (χ4n) is 5.70. The van der Waals surface area contributed by atoms with E-state index in [9.17, 15) is 38.4 Å². The number of phosphoric acid groups is 1. The Morgan fingerprint density at radius 2 is 1.85 bits per heavy atom. The predicted octanol–water partition coefficient (Wildman–Crippen LogP) is -1.04. The number of fused-ring (bicyclic) bond motifs is 1. The van der Waals surface area contributed by atoms with E-state index in [0.717, 1.165) is 4.57 Å². The number of anilines is 2. The highest BCUT2D eigenvalue weighted by Crippen LogP contribution is 2.51. The summed E-state index contributed by atoms with van der Waals surface area (Å²) in [6, 6.07) is 1.34. The first kappa shape index (κ1) is 39.6. The molecule has 0 radical (unpaired) electrons. The summed E-state index contributed by atoms with van der Waals surface area (Å²) in [5.41, 5.74) is 9.70. The number of carbonyl (C=O) groups is 1. The van der Waals surface area contributed by atoms with Gasteiger partial charge in [-0.25, -0.2) is 24.0 Å². The van der Waals surface area contributed by atoms with Gasteiger partial charge in [-0.3, -0.25) is 37.3 Å². The second-order valence-electron chi connectivity index (χ2n) is 11.8. The number of hydrogen-bond acceptors (Lipinski definition) is 17. The summed E-state index contributed by atoms with van der Waals surface area (Å²) in [6.45, 7) is -1.26. The van der Waals surface area contributed by atoms with E-state index in [0.29, 0.717) is 19.3 Å². The minimum Gasteiger partial charge on any atom is -0.481 e. The third-order valence-electron chi connectivity index (χ3n) is 8.04. The van der Waals surface area contributed by atoms with Gasteiger partial charge < -0.3 is 45.7 Å². The molecule has 2 fully saturated rings. The van der Waals surface area contributed by atoms with Gasteiger partial charge in [0.05, 0.1) is 25.6 Å². The molecular weight excluding hydrogens is 740 g/mol. The van der Waals surface area contributed by atoms with Crippen LogP contribution in [0.25, 0.3) is 11.2 Å². The van der Waals surface area contributed by atoms with E-state index in [-0.39, 0.29) is 42.3 Å². The third-order valence-corrected chi connectivity index (χ3v) is 10.2. The minimum absolute atomic E-state index is 0.00337. The Kier molecular flexibility index (Phi) is 12.6. The van der Waals surface area contributed by atoms with Crippen LogP contribution in [0.3, 0.4) is 0 Å². The SMILES string of the molecule is CO[C@@H]1[C@H](O[P@@](=O)(NCCCCCC(=O)O)OC[C@@H]2C[C@@H](O)[C@H](n3ccc(N)nc3=O)O2)[C@@H](COP(=O)(O)O)O[C@H]1n1cnc2c(=O)[nH]c(N)nc21. The van der Waals surface area contributed by atoms with Crippen molar-refractivity contribution in [1.82, 2.24) is 34.2 Å². The molecule has 10 N–H and O–H groups in total. The highest BCUT2D eigenvalue weighted by Gasteiger charge is 2.51. The first-order chi connectivity index (χ1) is 24.6. The third kappa shape index (κ3) is 9.66. The molecule has 24 nitrogen and oxygen atoms in total. The summed E-state index contributed by atoms with van der Waals surface area (Å²) in [6.07, 6.45) is -5.19. The van der Waals surface area contributed by atoms with Crippen molar-refractivity contribution >= 4 is 44.5 Å². The molecule has 2 saturated heterocycles. The maximum absolute atomic E-state index is 14.4. The molecule has 288 valence electrons. The Hall–Kier alpha value is -3.64. The van der Waals surface area contributed by atoms with Gasteiger partial charge >= 0.3 is 27.2 Å². The van der Waals surface area contributed by atoms with E-state index < -0.39 is 89.0 Å². The van der Waals surface area contributed by atoms with Crippen molar-refractivity contribution in [3.05, 3.63) is 39.4 Å². The number of nitrogens with zero attached hydrogens (tertiary/aromatic N) is 5. The maximum atomic E-state index is 14.4. The number of rotatable bonds is 18. The van der Waals surface area contributed by atoms with Gasteiger partial charge in [-0.1, -0.05) is 6.42 Å². The smallest absolute Gasteiger partial charge is 0.469 e. The van der Waals surface area contributed by atoms with Crippen molar-refractivity contribution in [3.63, 3.8) is 0 Å². The van der Waals surface area contributed by atoms with Gasteiger partial charge in [0.2, 0.25) is 5.95 Å². The van der Waals surface area contributed by atoms with Crippen LogP contribution >= 0.6 is 15.6 Å². The summed E-state index contributed by atoms with van der Waals surface area (Å²) in [5.74, 6) is -1.25. The first-order valence-corrected chi connectivity index (χ1v) is 18.8. The molecule has 0 aromatic carbocycles. The van der Waals surface area contributed by atoms with Crippen LogP contribution in [0, 0.1) is 0 Å². The number of carboxylic acid groups (broad SMARTS) is 1. The number of unbranched alkanes of at least 4 members (excludes halogenated alkanes) is 2. The number of aliphatic carboxylic acids is 1. The number of nitrogen functional groups attached to an aromatic ring is 2. The van der Waals surface area contributed by atoms with E-state index in [1.54, 1.807) is 0 Å². The number of imidazole rings is 1. The monoisotopic (exact) mass is 779 g/mol. The molecule has 8 atom stereocenters. The molecule has 26 heteroatoms. The number of aromatic nitrogens is 6. The second kappa shape index (κ2) is 16.6. The van der Waals surface area contributed by atoms with E-state index >= 15 is 0 Å². The number of carboxylic acids is 1. The lowest BCUT2D eigenvalue weighted by molar-refractivity contribution is -0.137. The van der Waals surface area contributed by atoms with E-state index in [1.165, 1.54) is 30.3 Å². The number of ether oxygens (including phenoxy) is 3. The number of aromatic amines is 1. The summed E-state index contributed by atoms with van der Waals surface area (Å²) in [4.78, 5) is 68.7. The molecule has 3 aromatic rings. The highest BCUT2D eigenvalue weighted by molar-refractivity contribution is 7.51. The van der Waals surface area contributed by atoms with Crippen LogP contribution in [0.1, 0.15) is 44.6 Å². The van der Waals surface area contributed by atoms with E-state index in [4.69, 9.17) is 44.4 Å². The number of methoxy groups -OCH3 is 1. The molecule has 0 amide bonds. The predicted molar refractivity (Wildman–Crippen MR) is 175 cm³/mol. The van der Waals surface area contributed by atoms with Gasteiger partial charge in [-0.15, -0.1) is 0 Å². The lowest BCUT2D eigenvalue weighted by Crippen LogP contribution is -2.39. The standard InChI is InChI=1S/C26H39N9O15P2/c1-45-20-19(15(11-47-52(42,43)44)49-24(20)35-12-29-18-21(35)32-25(28)33-22(18)39)50-51(41,30-7-4-2-3-5-17(37)38)46-10-13-9-14(36)23(48-13)34-8-6-16(27)31-26(34)40/h6,8,12-15,19-20,23-24,36H,2-5,7,9-11H2,1H3,(H,30,41)(H,37,38)(H2,27,31,40)(H2,42,43,44)(H3,28,32,33,39)/t13-,14+,15+,19+,20+,23+,24+,51+/m0/s1. The molecular formula is C26H39N9O15P2. The van der Waals surface area contributed by atoms with Gasteiger partial charge in [0.1, 0.15) is 30.2 Å². The van der Waals surface area contributed by atoms with Gasteiger partial charge in [0, 0.05) is 32.7 Å². The van der Waals surface area contributed by atoms with Crippen molar-refractivity contribution in [2.24, 2.45) is 0 Å². The molecule has 3 aromatic heterocycles. The van der Waals surface area contributed by atoms with Crippen molar-refractivity contribution in [2.45, 2.75) is 75.1 Å². The minimum atomic E-state index is -5.07. The molecule has 2 aliphatic heterocycles. The van der Waals surface area contributed by atoms with Crippen LogP contribution in [0.2, 0.25) is 0 Å². The summed E-state index contributed by atoms with van der Waals surface area (Å²) >= 11 is 0. The lowest BCUT2D eigenvalue weighted by Gasteiger charge is -2.28. The molecule has 5 rings (SSSR count). The van der Waals surface area contributed by atoms with Crippen LogP contribution in [-0.4, -0.2) is 112 Å². The first-order valence-electron chi connectivity index (χ1n) is 15.8. The molecule has 0 aliphatic carbocycles. The van der Waals surface area contributed by atoms with Crippen LogP contribution < -0.4 is 27.8 Å². The zero-order chi connectivity index (χ0) is 37.8. The normalized spacial score (nSPS) is 26.2. The van der Waals surface area contributed by atoms with Gasteiger partial charge in [0.15, 0.2) is 23.6 Å². The number of nitrogens with two attached hydrogens (primary N) is 2. The Labute approximate surface area is 293 Å². The van der Waals surface area contributed by atoms with Crippen LogP contribution in [0.5, 0.6) is 0 Å². The van der Waals surface area contributed by atoms with Gasteiger partial charge in [0.25, 0.3) is 5.56 Å². The Bertz CT molecular complexity index is 1940. The quantitative estimate of drug-likeness (QED) is 0.0564. The van der Waals surface area contributed by atoms with Crippen molar-refractivity contribution < 1.29 is 61.7 Å². The molecule has 5 heterocycles. The molecule has 0 unspecified atom stereocenters. The van der Waals surface area contributed by atoms with Crippen molar-refractivity contribution in [1.29, 1.82) is 0 Å². The molecule has 0 saturated carbocycles. The number of H-pyrrole nitrogens is 1. The van der Waals surface area contributed by atoms with Gasteiger partial charge in [-0.2, -0.15) is 9.97 Å². The largest absolute Gasteiger partial charge is 0.481 e. The number of hydrogen-bond donors (Lipinski definition) is 8. The van der Waals surface area contributed by atoms with E-state index in [1.807, 2.05) is 0 Å². The molecule has 0 spiro atoms. The lowest BCUT2D eigenvalue weighted by atomic mass is 10.1. The average Bonchev–Trinajstić information content (AvgIpc) is 3.75. The number of nitrogens with one attached hydrogen (secondary N) is 2. The maximum Gasteiger partial charge on any atom is 0.469 e. The molecule has 2 aliphatic rings. The Balaban J connectivity index is 1.39. The second-order valence-corrected chi connectivity index (χ2v) is 14.8. The molecule has 52 heavy (non-hydrogen) atoms. The summed E-state index contributed by atoms with van der Waals surface area (Å²) in [7, 11) is -8.30. The van der Waals surface area contributed by atoms with E-state index in [2.05, 4.69) is 25.0 Å². The number of aliphatic hydroxyl groups excluding tert-OH is 1. The fraction of sp³-hybridized carbons (Fsp3) is 0.615. The van der Waals surface area contributed by atoms with Crippen LogP contribution in [0.15, 0.2) is 28.2 Å². The van der Waals surface area contributed by atoms with Crippen LogP contribution in [0.4, 0.5) is 11.8 Å². The highest BCUT2D eigenvalue weighted by atomic mass is 31.2. The zero-order valence-corrected chi connectivity index (χ0v) is 29.3. The summed E-state index contributed by atoms with van der Waals surface area (Å²) < 4.78 is 62.5. The Morgan fingerprint density at radius 1 is 1.08 bits per heavy atom. The molecule has 0 bridgehead atoms. The number of aliphatic hydroxyl groups is 1. The van der Waals surface area contributed by atoms with Crippen molar-refractivity contribution in [3.8, 4) is 0 Å². The van der Waals surface area contributed by atoms with Gasteiger partial charge in [-0.05, 0) is 18.9 Å².